The van der Waals surface area contributed by atoms with E-state index in [1.807, 2.05) is 26.0 Å². The first-order valence-corrected chi connectivity index (χ1v) is 10.2. The summed E-state index contributed by atoms with van der Waals surface area (Å²) >= 11 is 6.00. The molecule has 0 spiro atoms. The van der Waals surface area contributed by atoms with E-state index >= 15 is 0 Å². The number of nitrogens with one attached hydrogen (secondary N) is 1. The highest BCUT2D eigenvalue weighted by atomic mass is 35.5. The highest BCUT2D eigenvalue weighted by molar-refractivity contribution is 6.30. The molecule has 7 heteroatoms. The number of primary amides is 1. The van der Waals surface area contributed by atoms with Gasteiger partial charge < -0.3 is 15.8 Å². The Kier molecular flexibility index (Phi) is 6.75. The molecular weight excluding hydrogens is 390 g/mol. The van der Waals surface area contributed by atoms with Gasteiger partial charge in [0.05, 0.1) is 6.61 Å². The molecule has 29 heavy (non-hydrogen) atoms. The smallest absolute Gasteiger partial charge is 0.270 e. The Bertz CT molecular complexity index is 879. The van der Waals surface area contributed by atoms with Crippen LogP contribution in [0.5, 0.6) is 5.75 Å². The molecule has 3 rings (SSSR count). The number of nitrogens with two attached hydrogens (primary N) is 1. The van der Waals surface area contributed by atoms with E-state index in [4.69, 9.17) is 22.1 Å². The van der Waals surface area contributed by atoms with Crippen molar-refractivity contribution in [3.05, 3.63) is 47.1 Å². The van der Waals surface area contributed by atoms with Crippen molar-refractivity contribution in [3.8, 4) is 17.0 Å². The van der Waals surface area contributed by atoms with Crippen LogP contribution in [0, 0.1) is 11.8 Å². The summed E-state index contributed by atoms with van der Waals surface area (Å²) in [5.41, 5.74) is 6.99. The average molecular weight is 416 g/mol. The number of ether oxygens (including phenoxy) is 1. The maximum Gasteiger partial charge on any atom is 0.270 e. The van der Waals surface area contributed by atoms with Crippen molar-refractivity contribution in [1.29, 1.82) is 0 Å². The summed E-state index contributed by atoms with van der Waals surface area (Å²) in [6.45, 7) is 4.56. The zero-order valence-corrected chi connectivity index (χ0v) is 17.4. The van der Waals surface area contributed by atoms with Gasteiger partial charge in [0.1, 0.15) is 23.2 Å². The number of amides is 2. The van der Waals surface area contributed by atoms with Gasteiger partial charge in [0.2, 0.25) is 5.91 Å². The molecular formula is C22H26ClN3O3. The van der Waals surface area contributed by atoms with Crippen LogP contribution in [0.4, 0.5) is 0 Å². The largest absolute Gasteiger partial charge is 0.491 e. The van der Waals surface area contributed by atoms with Gasteiger partial charge in [-0.3, -0.25) is 9.59 Å². The van der Waals surface area contributed by atoms with Crippen LogP contribution in [0.15, 0.2) is 36.4 Å². The Morgan fingerprint density at radius 3 is 2.48 bits per heavy atom. The number of rotatable bonds is 9. The Hall–Kier alpha value is -2.60. The summed E-state index contributed by atoms with van der Waals surface area (Å²) < 4.78 is 5.95. The summed E-state index contributed by atoms with van der Waals surface area (Å²) in [7, 11) is 0. The molecule has 1 aromatic carbocycles. The number of halogens is 1. The lowest BCUT2D eigenvalue weighted by molar-refractivity contribution is -0.120. The fourth-order valence-corrected chi connectivity index (χ4v) is 3.07. The van der Waals surface area contributed by atoms with Gasteiger partial charge in [-0.25, -0.2) is 4.98 Å². The van der Waals surface area contributed by atoms with Gasteiger partial charge in [0.25, 0.3) is 5.91 Å². The first-order valence-electron chi connectivity index (χ1n) is 9.83. The molecule has 1 atom stereocenters. The van der Waals surface area contributed by atoms with Crippen molar-refractivity contribution in [2.45, 2.75) is 39.2 Å². The zero-order valence-electron chi connectivity index (χ0n) is 16.7. The van der Waals surface area contributed by atoms with E-state index in [0.717, 1.165) is 5.56 Å². The Balaban J connectivity index is 1.86. The standard InChI is InChI=1S/C22H26ClN3O3/c1-13(2)11-18(21(24)27)26-22(28)17-9-10-19(29-12-14-3-4-14)20(25-17)15-5-7-16(23)8-6-15/h5-10,13-14,18H,3-4,11-12H2,1-2H3,(H2,24,27)(H,26,28)/t18-/m0/s1. The molecule has 0 unspecified atom stereocenters. The molecule has 0 bridgehead atoms. The maximum atomic E-state index is 12.7. The molecule has 2 amide bonds. The summed E-state index contributed by atoms with van der Waals surface area (Å²) in [6, 6.07) is 9.81. The lowest BCUT2D eigenvalue weighted by atomic mass is 10.0. The number of nitrogens with zero attached hydrogens (tertiary/aromatic N) is 1. The molecule has 0 radical (unpaired) electrons. The van der Waals surface area contributed by atoms with Crippen LogP contribution in [0.3, 0.4) is 0 Å². The van der Waals surface area contributed by atoms with Crippen molar-refractivity contribution in [1.82, 2.24) is 10.3 Å². The third kappa shape index (κ3) is 5.94. The highest BCUT2D eigenvalue weighted by Gasteiger charge is 2.24. The van der Waals surface area contributed by atoms with Crippen molar-refractivity contribution >= 4 is 23.4 Å². The maximum absolute atomic E-state index is 12.7. The second-order valence-corrected chi connectivity index (χ2v) is 8.30. The van der Waals surface area contributed by atoms with E-state index in [9.17, 15) is 9.59 Å². The van der Waals surface area contributed by atoms with Crippen LogP contribution >= 0.6 is 11.6 Å². The zero-order chi connectivity index (χ0) is 21.0. The molecule has 2 aromatic rings. The van der Waals surface area contributed by atoms with E-state index in [-0.39, 0.29) is 11.6 Å². The Morgan fingerprint density at radius 1 is 1.21 bits per heavy atom. The number of hydrogen-bond donors (Lipinski definition) is 2. The van der Waals surface area contributed by atoms with E-state index in [1.165, 1.54) is 12.8 Å². The van der Waals surface area contributed by atoms with Gasteiger partial charge in [-0.2, -0.15) is 0 Å². The molecule has 1 saturated carbocycles. The van der Waals surface area contributed by atoms with Gasteiger partial charge in [0, 0.05) is 10.6 Å². The second kappa shape index (κ2) is 9.27. The minimum atomic E-state index is -0.742. The second-order valence-electron chi connectivity index (χ2n) is 7.86. The predicted octanol–water partition coefficient (Wildman–Crippen LogP) is 3.82. The average Bonchev–Trinajstić information content (AvgIpc) is 3.50. The number of benzene rings is 1. The van der Waals surface area contributed by atoms with Crippen LogP contribution in [0.1, 0.15) is 43.6 Å². The molecule has 3 N–H and O–H groups in total. The lowest BCUT2D eigenvalue weighted by Gasteiger charge is -2.18. The fraction of sp³-hybridized carbons (Fsp3) is 0.409. The highest BCUT2D eigenvalue weighted by Crippen LogP contribution is 2.33. The van der Waals surface area contributed by atoms with Crippen molar-refractivity contribution in [2.75, 3.05) is 6.61 Å². The molecule has 6 nitrogen and oxygen atoms in total. The van der Waals surface area contributed by atoms with E-state index in [2.05, 4.69) is 10.3 Å². The minimum Gasteiger partial charge on any atom is -0.491 e. The third-order valence-corrected chi connectivity index (χ3v) is 4.99. The van der Waals surface area contributed by atoms with E-state index in [0.29, 0.717) is 35.4 Å². The number of carbonyl (C=O) groups excluding carboxylic acids is 2. The first kappa shape index (κ1) is 21.1. The summed E-state index contributed by atoms with van der Waals surface area (Å²) in [5, 5.41) is 3.31. The molecule has 1 aliphatic rings. The van der Waals surface area contributed by atoms with Crippen LogP contribution in [0.2, 0.25) is 5.02 Å². The fourth-order valence-electron chi connectivity index (χ4n) is 2.95. The van der Waals surface area contributed by atoms with Crippen molar-refractivity contribution in [2.24, 2.45) is 17.6 Å². The molecule has 1 heterocycles. The molecule has 154 valence electrons. The SMILES string of the molecule is CC(C)C[C@H](NC(=O)c1ccc(OCC2CC2)c(-c2ccc(Cl)cc2)n1)C(N)=O. The first-order chi connectivity index (χ1) is 13.8. The van der Waals surface area contributed by atoms with Crippen LogP contribution in [0.25, 0.3) is 11.3 Å². The van der Waals surface area contributed by atoms with Gasteiger partial charge in [-0.15, -0.1) is 0 Å². The molecule has 1 fully saturated rings. The monoisotopic (exact) mass is 415 g/mol. The Morgan fingerprint density at radius 2 is 1.90 bits per heavy atom. The molecule has 1 aromatic heterocycles. The summed E-state index contributed by atoms with van der Waals surface area (Å²) in [6.07, 6.45) is 2.82. The minimum absolute atomic E-state index is 0.198. The summed E-state index contributed by atoms with van der Waals surface area (Å²) in [5.74, 6) is 0.407. The van der Waals surface area contributed by atoms with Crippen LogP contribution in [-0.4, -0.2) is 29.4 Å². The van der Waals surface area contributed by atoms with Crippen LogP contribution < -0.4 is 15.8 Å². The number of hydrogen-bond acceptors (Lipinski definition) is 4. The van der Waals surface area contributed by atoms with Gasteiger partial charge >= 0.3 is 0 Å². The normalized spacial score (nSPS) is 14.5. The van der Waals surface area contributed by atoms with Gasteiger partial charge in [-0.05, 0) is 55.4 Å². The lowest BCUT2D eigenvalue weighted by Crippen LogP contribution is -2.45. The molecule has 0 aliphatic heterocycles. The van der Waals surface area contributed by atoms with Gasteiger partial charge in [-0.1, -0.05) is 37.6 Å². The third-order valence-electron chi connectivity index (χ3n) is 4.74. The topological polar surface area (TPSA) is 94.3 Å². The van der Waals surface area contributed by atoms with Crippen molar-refractivity contribution < 1.29 is 14.3 Å². The van der Waals surface area contributed by atoms with Crippen molar-refractivity contribution in [3.63, 3.8) is 0 Å². The Labute approximate surface area is 175 Å². The van der Waals surface area contributed by atoms with E-state index in [1.54, 1.807) is 24.3 Å². The number of pyridine rings is 1. The molecule has 1 aliphatic carbocycles. The number of aromatic nitrogens is 1. The van der Waals surface area contributed by atoms with E-state index < -0.39 is 17.9 Å². The summed E-state index contributed by atoms with van der Waals surface area (Å²) in [4.78, 5) is 28.9. The van der Waals surface area contributed by atoms with Gasteiger partial charge in [0.15, 0.2) is 0 Å². The quantitative estimate of drug-likeness (QED) is 0.650. The molecule has 0 saturated heterocycles. The number of carbonyl (C=O) groups is 2. The predicted molar refractivity (Wildman–Crippen MR) is 113 cm³/mol. The van der Waals surface area contributed by atoms with Crippen LogP contribution in [-0.2, 0) is 4.79 Å².